The minimum atomic E-state index is 0.255. The van der Waals surface area contributed by atoms with E-state index in [4.69, 9.17) is 0 Å². The summed E-state index contributed by atoms with van der Waals surface area (Å²) < 4.78 is 0. The third-order valence-electron chi connectivity index (χ3n) is 2.89. The normalized spacial score (nSPS) is 14.7. The lowest BCUT2D eigenvalue weighted by molar-refractivity contribution is -0.118. The van der Waals surface area contributed by atoms with Crippen LogP contribution in [0.1, 0.15) is 17.0 Å². The molecule has 4 heteroatoms. The van der Waals surface area contributed by atoms with Gasteiger partial charge in [0.1, 0.15) is 16.5 Å². The average molecular weight is 245 g/mol. The van der Waals surface area contributed by atoms with Crippen molar-refractivity contribution in [1.82, 2.24) is 4.98 Å². The minimum absolute atomic E-state index is 0.255. The Morgan fingerprint density at radius 2 is 1.94 bits per heavy atom. The number of nitrogens with zero attached hydrogens (tertiary/aromatic N) is 1. The van der Waals surface area contributed by atoms with Crippen LogP contribution in [0.25, 0.3) is 10.6 Å². The number of fused-ring (bicyclic) bond motifs is 1. The highest BCUT2D eigenvalue weighted by Gasteiger charge is 2.20. The molecule has 0 atom stereocenters. The Morgan fingerprint density at radius 1 is 1.18 bits per heavy atom. The fraction of sp³-hybridized carbons (Fsp3) is 0.231. The van der Waals surface area contributed by atoms with Crippen LogP contribution in [0.5, 0.6) is 5.75 Å². The predicted molar refractivity (Wildman–Crippen MR) is 66.2 cm³/mol. The Balaban J connectivity index is 1.99. The second-order valence-corrected chi connectivity index (χ2v) is 5.23. The van der Waals surface area contributed by atoms with E-state index in [0.29, 0.717) is 12.8 Å². The maximum Gasteiger partial charge on any atom is 0.139 e. The fourth-order valence-electron chi connectivity index (χ4n) is 1.97. The molecule has 1 aliphatic carbocycles. The van der Waals surface area contributed by atoms with E-state index < -0.39 is 0 Å². The van der Waals surface area contributed by atoms with Crippen molar-refractivity contribution in [3.05, 3.63) is 34.8 Å². The maximum absolute atomic E-state index is 11.3. The number of phenolic OH excluding ortho intramolecular Hbond substituents is 1. The Bertz CT molecular complexity index is 572. The summed E-state index contributed by atoms with van der Waals surface area (Å²) in [5, 5.41) is 10.2. The summed E-state index contributed by atoms with van der Waals surface area (Å²) in [6.07, 6.45) is 1.94. The molecular weight excluding hydrogens is 234 g/mol. The molecule has 1 aliphatic rings. The van der Waals surface area contributed by atoms with E-state index in [1.165, 1.54) is 4.88 Å². The third-order valence-corrected chi connectivity index (χ3v) is 4.09. The SMILES string of the molecule is O=C1CCc2sc(-c3ccc(O)cc3)nc2C1. The molecular formula is C13H11NO2S. The lowest BCUT2D eigenvalue weighted by Crippen LogP contribution is -2.11. The molecule has 0 bridgehead atoms. The van der Waals surface area contributed by atoms with Crippen LogP contribution in [0.3, 0.4) is 0 Å². The van der Waals surface area contributed by atoms with E-state index in [1.54, 1.807) is 23.5 Å². The molecule has 1 heterocycles. The van der Waals surface area contributed by atoms with Crippen LogP contribution in [0.4, 0.5) is 0 Å². The van der Waals surface area contributed by atoms with Crippen molar-refractivity contribution in [3.63, 3.8) is 0 Å². The van der Waals surface area contributed by atoms with Gasteiger partial charge in [-0.1, -0.05) is 0 Å². The van der Waals surface area contributed by atoms with Gasteiger partial charge in [-0.3, -0.25) is 4.79 Å². The van der Waals surface area contributed by atoms with Gasteiger partial charge in [0.25, 0.3) is 0 Å². The molecule has 0 unspecified atom stereocenters. The van der Waals surface area contributed by atoms with Gasteiger partial charge in [0.2, 0.25) is 0 Å². The van der Waals surface area contributed by atoms with E-state index in [2.05, 4.69) is 4.98 Å². The number of carbonyl (C=O) groups is 1. The molecule has 0 saturated carbocycles. The van der Waals surface area contributed by atoms with Gasteiger partial charge < -0.3 is 5.11 Å². The Hall–Kier alpha value is -1.68. The summed E-state index contributed by atoms with van der Waals surface area (Å²) in [5.41, 5.74) is 1.93. The first-order valence-electron chi connectivity index (χ1n) is 5.52. The van der Waals surface area contributed by atoms with Crippen LogP contribution in [0.15, 0.2) is 24.3 Å². The van der Waals surface area contributed by atoms with Crippen molar-refractivity contribution >= 4 is 17.1 Å². The molecule has 0 saturated heterocycles. The number of benzene rings is 1. The van der Waals surface area contributed by atoms with Gasteiger partial charge in [0, 0.05) is 23.3 Å². The minimum Gasteiger partial charge on any atom is -0.508 e. The van der Waals surface area contributed by atoms with Crippen LogP contribution in [-0.4, -0.2) is 15.9 Å². The van der Waals surface area contributed by atoms with E-state index in [-0.39, 0.29) is 11.5 Å². The van der Waals surface area contributed by atoms with Gasteiger partial charge in [0.15, 0.2) is 0 Å². The van der Waals surface area contributed by atoms with Crippen molar-refractivity contribution < 1.29 is 9.90 Å². The number of hydrogen-bond donors (Lipinski definition) is 1. The molecule has 0 radical (unpaired) electrons. The van der Waals surface area contributed by atoms with Crippen molar-refractivity contribution in [3.8, 4) is 16.3 Å². The molecule has 3 nitrogen and oxygen atoms in total. The van der Waals surface area contributed by atoms with Gasteiger partial charge in [-0.25, -0.2) is 4.98 Å². The van der Waals surface area contributed by atoms with Crippen molar-refractivity contribution in [2.45, 2.75) is 19.3 Å². The van der Waals surface area contributed by atoms with Crippen molar-refractivity contribution in [2.75, 3.05) is 0 Å². The molecule has 86 valence electrons. The molecule has 0 amide bonds. The molecule has 0 fully saturated rings. The highest BCUT2D eigenvalue weighted by atomic mass is 32.1. The summed E-state index contributed by atoms with van der Waals surface area (Å²) >= 11 is 1.65. The monoisotopic (exact) mass is 245 g/mol. The zero-order valence-corrected chi connectivity index (χ0v) is 9.96. The number of ketones is 1. The summed E-state index contributed by atoms with van der Waals surface area (Å²) in [4.78, 5) is 17.1. The van der Waals surface area contributed by atoms with Gasteiger partial charge in [-0.05, 0) is 30.7 Å². The van der Waals surface area contributed by atoms with Gasteiger partial charge in [0.05, 0.1) is 5.69 Å². The average Bonchev–Trinajstić information content (AvgIpc) is 2.72. The zero-order chi connectivity index (χ0) is 11.8. The second kappa shape index (κ2) is 3.96. The van der Waals surface area contributed by atoms with Crippen molar-refractivity contribution in [1.29, 1.82) is 0 Å². The van der Waals surface area contributed by atoms with Crippen LogP contribution in [-0.2, 0) is 17.6 Å². The van der Waals surface area contributed by atoms with Crippen LogP contribution >= 0.6 is 11.3 Å². The summed E-state index contributed by atoms with van der Waals surface area (Å²) in [6, 6.07) is 7.00. The van der Waals surface area contributed by atoms with Gasteiger partial charge in [-0.15, -0.1) is 11.3 Å². The number of phenols is 1. The standard InChI is InChI=1S/C13H11NO2S/c15-9-3-1-8(2-4-9)13-14-11-7-10(16)5-6-12(11)17-13/h1-4,15H,5-7H2. The van der Waals surface area contributed by atoms with Crippen LogP contribution in [0, 0.1) is 0 Å². The molecule has 1 aromatic carbocycles. The Morgan fingerprint density at radius 3 is 2.71 bits per heavy atom. The second-order valence-electron chi connectivity index (χ2n) is 4.15. The highest BCUT2D eigenvalue weighted by molar-refractivity contribution is 7.15. The van der Waals surface area contributed by atoms with Gasteiger partial charge >= 0.3 is 0 Å². The van der Waals surface area contributed by atoms with Crippen LogP contribution in [0.2, 0.25) is 0 Å². The summed E-state index contributed by atoms with van der Waals surface area (Å²) in [7, 11) is 0. The quantitative estimate of drug-likeness (QED) is 0.840. The Labute approximate surface area is 103 Å². The first-order valence-corrected chi connectivity index (χ1v) is 6.34. The van der Waals surface area contributed by atoms with Crippen molar-refractivity contribution in [2.24, 2.45) is 0 Å². The topological polar surface area (TPSA) is 50.2 Å². The molecule has 1 aromatic heterocycles. The number of aromatic nitrogens is 1. The largest absolute Gasteiger partial charge is 0.508 e. The number of aromatic hydroxyl groups is 1. The predicted octanol–water partition coefficient (Wildman–Crippen LogP) is 2.57. The number of rotatable bonds is 1. The number of hydrogen-bond acceptors (Lipinski definition) is 4. The summed E-state index contributed by atoms with van der Waals surface area (Å²) in [6.45, 7) is 0. The highest BCUT2D eigenvalue weighted by Crippen LogP contribution is 2.32. The van der Waals surface area contributed by atoms with Crippen LogP contribution < -0.4 is 0 Å². The number of Topliss-reactive ketones (excluding diaryl/α,β-unsaturated/α-hetero) is 1. The number of aryl methyl sites for hydroxylation is 1. The third kappa shape index (κ3) is 1.96. The molecule has 3 rings (SSSR count). The van der Waals surface area contributed by atoms with Gasteiger partial charge in [-0.2, -0.15) is 0 Å². The van der Waals surface area contributed by atoms with E-state index in [9.17, 15) is 9.90 Å². The smallest absolute Gasteiger partial charge is 0.139 e. The zero-order valence-electron chi connectivity index (χ0n) is 9.14. The van der Waals surface area contributed by atoms with E-state index >= 15 is 0 Å². The fourth-order valence-corrected chi connectivity index (χ4v) is 3.06. The Kier molecular flexibility index (Phi) is 2.44. The van der Waals surface area contributed by atoms with E-state index in [0.717, 1.165) is 22.7 Å². The maximum atomic E-state index is 11.3. The summed E-state index contributed by atoms with van der Waals surface area (Å²) in [5.74, 6) is 0.533. The molecule has 17 heavy (non-hydrogen) atoms. The lowest BCUT2D eigenvalue weighted by atomic mass is 10.0. The number of carbonyl (C=O) groups excluding carboxylic acids is 1. The first kappa shape index (κ1) is 10.5. The molecule has 0 spiro atoms. The van der Waals surface area contributed by atoms with E-state index in [1.807, 2.05) is 12.1 Å². The number of thiazole rings is 1. The molecule has 2 aromatic rings. The lowest BCUT2D eigenvalue weighted by Gasteiger charge is -2.06. The molecule has 1 N–H and O–H groups in total. The molecule has 0 aliphatic heterocycles. The first-order chi connectivity index (χ1) is 8.22.